The van der Waals surface area contributed by atoms with Crippen molar-refractivity contribution in [1.82, 2.24) is 18.3 Å². The fraction of sp³-hybridized carbons (Fsp3) is 0. The van der Waals surface area contributed by atoms with Crippen LogP contribution in [0.4, 0.5) is 0 Å². The lowest BCUT2D eigenvalue weighted by molar-refractivity contribution is 1.18. The van der Waals surface area contributed by atoms with Crippen LogP contribution < -0.4 is 0 Å². The number of para-hydroxylation sites is 8. The van der Waals surface area contributed by atoms with Crippen molar-refractivity contribution in [1.29, 1.82) is 0 Å². The van der Waals surface area contributed by atoms with Crippen molar-refractivity contribution in [3.63, 3.8) is 0 Å². The zero-order valence-electron chi connectivity index (χ0n) is 48.0. The molecule has 0 amide bonds. The largest absolute Gasteiger partial charge is 0.309 e. The monoisotopic (exact) mass is 1120 g/mol. The molecular formula is C84H54N4. The summed E-state index contributed by atoms with van der Waals surface area (Å²) in [7, 11) is 0. The number of benzene rings is 14. The van der Waals surface area contributed by atoms with E-state index in [0.29, 0.717) is 0 Å². The van der Waals surface area contributed by atoms with Gasteiger partial charge in [0.1, 0.15) is 0 Å². The van der Waals surface area contributed by atoms with Gasteiger partial charge in [0, 0.05) is 65.8 Å². The van der Waals surface area contributed by atoms with Gasteiger partial charge >= 0.3 is 0 Å². The smallest absolute Gasteiger partial charge is 0.0541 e. The lowest BCUT2D eigenvalue weighted by Crippen LogP contribution is -1.95. The highest BCUT2D eigenvalue weighted by molar-refractivity contribution is 6.12. The van der Waals surface area contributed by atoms with Crippen molar-refractivity contribution >= 4 is 87.2 Å². The van der Waals surface area contributed by atoms with Gasteiger partial charge < -0.3 is 18.3 Å². The Labute approximate surface area is 508 Å². The van der Waals surface area contributed by atoms with Gasteiger partial charge in [-0.3, -0.25) is 0 Å². The summed E-state index contributed by atoms with van der Waals surface area (Å²) in [5.41, 5.74) is 25.5. The predicted octanol–water partition coefficient (Wildman–Crippen LogP) is 22.4. The Morgan fingerprint density at radius 2 is 0.261 bits per heavy atom. The average Bonchev–Trinajstić information content (AvgIpc) is 2.08. The van der Waals surface area contributed by atoms with E-state index < -0.39 is 0 Å². The van der Waals surface area contributed by atoms with Gasteiger partial charge in [-0.1, -0.05) is 194 Å². The van der Waals surface area contributed by atoms with Crippen LogP contribution in [-0.2, 0) is 0 Å². The maximum atomic E-state index is 2.40. The first-order valence-electron chi connectivity index (χ1n) is 30.3. The van der Waals surface area contributed by atoms with E-state index in [-0.39, 0.29) is 0 Å². The summed E-state index contributed by atoms with van der Waals surface area (Å²) < 4.78 is 9.58. The number of fused-ring (bicyclic) bond motifs is 12. The SMILES string of the molecule is c1ccc2c(c1)c1ccccc1n2-c1ccc(-c2cc(-c3ccc(-n4c5ccccc5c5ccccc54)cc3)cc(-c3cc(-c4ccc(-n5c6ccccc6c6ccccc65)cc4)cc(-c4ccc(-n5c6ccccc6c6ccccc65)cc4)c3)c2)cc1. The molecule has 0 aliphatic carbocycles. The zero-order valence-corrected chi connectivity index (χ0v) is 48.0. The Morgan fingerprint density at radius 3 is 0.420 bits per heavy atom. The van der Waals surface area contributed by atoms with E-state index in [0.717, 1.165) is 78.4 Å². The molecule has 18 rings (SSSR count). The number of nitrogens with zero attached hydrogens (tertiary/aromatic N) is 4. The number of aromatic nitrogens is 4. The van der Waals surface area contributed by atoms with Gasteiger partial charge in [-0.2, -0.15) is 0 Å². The highest BCUT2D eigenvalue weighted by Gasteiger charge is 2.19. The molecule has 4 heterocycles. The molecule has 0 bridgehead atoms. The second-order valence-corrected chi connectivity index (χ2v) is 23.3. The molecule has 88 heavy (non-hydrogen) atoms. The molecule has 0 aliphatic heterocycles. The summed E-state index contributed by atoms with van der Waals surface area (Å²) >= 11 is 0. The lowest BCUT2D eigenvalue weighted by atomic mass is 9.89. The third kappa shape index (κ3) is 7.93. The van der Waals surface area contributed by atoms with Gasteiger partial charge in [-0.05, 0) is 189 Å². The Balaban J connectivity index is 0.805. The summed E-state index contributed by atoms with van der Waals surface area (Å²) in [5.74, 6) is 0. The van der Waals surface area contributed by atoms with Gasteiger partial charge in [0.05, 0.1) is 44.1 Å². The topological polar surface area (TPSA) is 19.7 Å². The fourth-order valence-electron chi connectivity index (χ4n) is 14.3. The maximum absolute atomic E-state index is 2.40. The summed E-state index contributed by atoms with van der Waals surface area (Å²) in [6, 6.07) is 121. The molecule has 0 N–H and O–H groups in total. The summed E-state index contributed by atoms with van der Waals surface area (Å²) in [6.45, 7) is 0. The lowest BCUT2D eigenvalue weighted by Gasteiger charge is -2.16. The van der Waals surface area contributed by atoms with Gasteiger partial charge in [-0.25, -0.2) is 0 Å². The van der Waals surface area contributed by atoms with Crippen LogP contribution in [-0.4, -0.2) is 18.3 Å². The number of hydrogen-bond acceptors (Lipinski definition) is 0. The van der Waals surface area contributed by atoms with Crippen LogP contribution in [0.15, 0.2) is 328 Å². The minimum atomic E-state index is 1.13. The van der Waals surface area contributed by atoms with Crippen molar-refractivity contribution < 1.29 is 0 Å². The predicted molar refractivity (Wildman–Crippen MR) is 371 cm³/mol. The van der Waals surface area contributed by atoms with Crippen molar-refractivity contribution in [3.05, 3.63) is 328 Å². The maximum Gasteiger partial charge on any atom is 0.0541 e. The highest BCUT2D eigenvalue weighted by atomic mass is 15.0. The molecule has 0 atom stereocenters. The summed E-state index contributed by atoms with van der Waals surface area (Å²) in [6.07, 6.45) is 0. The Kier molecular flexibility index (Phi) is 11.3. The van der Waals surface area contributed by atoms with Gasteiger partial charge in [0.25, 0.3) is 0 Å². The average molecular weight is 1120 g/mol. The highest BCUT2D eigenvalue weighted by Crippen LogP contribution is 2.42. The molecule has 4 heteroatoms. The molecular weight excluding hydrogens is 1060 g/mol. The van der Waals surface area contributed by atoms with Crippen molar-refractivity contribution in [2.75, 3.05) is 0 Å². The minimum absolute atomic E-state index is 1.13. The molecule has 0 fully saturated rings. The summed E-state index contributed by atoms with van der Waals surface area (Å²) in [4.78, 5) is 0. The Morgan fingerprint density at radius 1 is 0.125 bits per heavy atom. The van der Waals surface area contributed by atoms with Crippen LogP contribution in [0.5, 0.6) is 0 Å². The summed E-state index contributed by atoms with van der Waals surface area (Å²) in [5, 5.41) is 10.0. The Hall–Kier alpha value is -11.7. The van der Waals surface area contributed by atoms with Crippen LogP contribution >= 0.6 is 0 Å². The van der Waals surface area contributed by atoms with E-state index in [2.05, 4.69) is 346 Å². The standard InChI is InChI=1S/C84H54N4/c1-9-25-77-69(17-1)70-18-2-10-26-78(70)85(77)65-41-33-55(34-42-65)59-49-60(56-35-43-66(44-36-56)86-79-27-11-3-19-71(79)72-20-4-12-28-80(72)86)52-63(51-59)64-53-61(57-37-45-67(46-38-57)87-81-29-13-5-21-73(81)74-22-6-14-30-82(74)87)50-62(54-64)58-39-47-68(48-40-58)88-83-31-15-7-23-75(83)76-24-8-16-32-84(76)88/h1-54H. The first kappa shape index (κ1) is 49.7. The van der Waals surface area contributed by atoms with E-state index in [9.17, 15) is 0 Å². The molecule has 0 saturated carbocycles. The molecule has 0 saturated heterocycles. The fourth-order valence-corrected chi connectivity index (χ4v) is 14.3. The number of hydrogen-bond donors (Lipinski definition) is 0. The van der Waals surface area contributed by atoms with Crippen LogP contribution in [0.25, 0.3) is 166 Å². The van der Waals surface area contributed by atoms with Crippen molar-refractivity contribution in [2.45, 2.75) is 0 Å². The third-order valence-electron chi connectivity index (χ3n) is 18.4. The number of rotatable bonds is 9. The van der Waals surface area contributed by atoms with Gasteiger partial charge in [0.15, 0.2) is 0 Å². The van der Waals surface area contributed by atoms with E-state index in [1.54, 1.807) is 0 Å². The van der Waals surface area contributed by atoms with Crippen LogP contribution in [0.2, 0.25) is 0 Å². The second kappa shape index (κ2) is 20.0. The normalized spacial score (nSPS) is 11.9. The van der Waals surface area contributed by atoms with E-state index in [4.69, 9.17) is 0 Å². The van der Waals surface area contributed by atoms with Gasteiger partial charge in [-0.15, -0.1) is 0 Å². The van der Waals surface area contributed by atoms with Gasteiger partial charge in [0.2, 0.25) is 0 Å². The minimum Gasteiger partial charge on any atom is -0.309 e. The molecule has 14 aromatic carbocycles. The molecule has 0 aliphatic rings. The van der Waals surface area contributed by atoms with E-state index >= 15 is 0 Å². The third-order valence-corrected chi connectivity index (χ3v) is 18.4. The molecule has 4 nitrogen and oxygen atoms in total. The molecule has 0 spiro atoms. The van der Waals surface area contributed by atoms with Crippen molar-refractivity contribution in [3.8, 4) is 78.4 Å². The van der Waals surface area contributed by atoms with Crippen LogP contribution in [0, 0.1) is 0 Å². The van der Waals surface area contributed by atoms with Crippen LogP contribution in [0.1, 0.15) is 0 Å². The molecule has 0 unspecified atom stereocenters. The molecule has 4 aromatic heterocycles. The van der Waals surface area contributed by atoms with Crippen LogP contribution in [0.3, 0.4) is 0 Å². The first-order valence-corrected chi connectivity index (χ1v) is 30.3. The molecule has 18 aromatic rings. The van der Waals surface area contributed by atoms with E-state index in [1.165, 1.54) is 87.2 Å². The molecule has 410 valence electrons. The zero-order chi connectivity index (χ0) is 57.8. The van der Waals surface area contributed by atoms with E-state index in [1.807, 2.05) is 0 Å². The second-order valence-electron chi connectivity index (χ2n) is 23.3. The molecule has 0 radical (unpaired) electrons. The van der Waals surface area contributed by atoms with Crippen molar-refractivity contribution in [2.24, 2.45) is 0 Å². The quantitative estimate of drug-likeness (QED) is 0.137. The Bertz CT molecular complexity index is 4850. The first-order chi connectivity index (χ1) is 43.6.